The van der Waals surface area contributed by atoms with Crippen LogP contribution in [0.2, 0.25) is 0 Å². The summed E-state index contributed by atoms with van der Waals surface area (Å²) in [5, 5.41) is 19.9. The molecule has 0 aliphatic carbocycles. The van der Waals surface area contributed by atoms with E-state index in [2.05, 4.69) is 27.8 Å². The summed E-state index contributed by atoms with van der Waals surface area (Å²) in [7, 11) is 0. The van der Waals surface area contributed by atoms with Crippen LogP contribution in [0, 0.1) is 0 Å². The molecule has 26 heavy (non-hydrogen) atoms. The molecule has 0 unspecified atom stereocenters. The quantitative estimate of drug-likeness (QED) is 0.414. The Hall–Kier alpha value is -3.46. The van der Waals surface area contributed by atoms with Gasteiger partial charge in [0.15, 0.2) is 22.1 Å². The lowest BCUT2D eigenvalue weighted by atomic mass is 10.1. The molecule has 2 aromatic carbocycles. The SMILES string of the molecule is O=c1oc2cc(O)c(-c3nnc(S)n3-c3cccc4[nH]ccc34)cc2o1. The summed E-state index contributed by atoms with van der Waals surface area (Å²) in [5.74, 6) is -0.609. The fraction of sp³-hybridized carbons (Fsp3) is 0. The van der Waals surface area contributed by atoms with E-state index in [1.54, 1.807) is 4.57 Å². The summed E-state index contributed by atoms with van der Waals surface area (Å²) in [6.07, 6.45) is 1.83. The molecule has 0 bridgehead atoms. The second kappa shape index (κ2) is 5.27. The van der Waals surface area contributed by atoms with Gasteiger partial charge >= 0.3 is 5.82 Å². The first-order valence-electron chi connectivity index (χ1n) is 7.60. The molecular formula is C17H10N4O4S. The first-order chi connectivity index (χ1) is 12.6. The Morgan fingerprint density at radius 1 is 1.12 bits per heavy atom. The molecule has 5 aromatic rings. The lowest BCUT2D eigenvalue weighted by Crippen LogP contribution is -1.99. The van der Waals surface area contributed by atoms with Crippen LogP contribution in [0.25, 0.3) is 39.1 Å². The number of hydrogen-bond donors (Lipinski definition) is 3. The number of nitrogens with zero attached hydrogens (tertiary/aromatic N) is 3. The van der Waals surface area contributed by atoms with Crippen LogP contribution in [0.5, 0.6) is 5.75 Å². The zero-order valence-corrected chi connectivity index (χ0v) is 13.9. The van der Waals surface area contributed by atoms with Gasteiger partial charge in [-0.3, -0.25) is 4.57 Å². The van der Waals surface area contributed by atoms with E-state index in [1.165, 1.54) is 12.1 Å². The Morgan fingerprint density at radius 3 is 2.77 bits per heavy atom. The van der Waals surface area contributed by atoms with Gasteiger partial charge in [-0.05, 0) is 24.3 Å². The number of fused-ring (bicyclic) bond motifs is 2. The molecule has 0 aliphatic heterocycles. The van der Waals surface area contributed by atoms with E-state index in [1.807, 2.05) is 30.5 Å². The van der Waals surface area contributed by atoms with Crippen molar-refractivity contribution in [3.63, 3.8) is 0 Å². The van der Waals surface area contributed by atoms with Crippen LogP contribution in [0.4, 0.5) is 0 Å². The molecule has 0 radical (unpaired) electrons. The molecule has 128 valence electrons. The number of thiol groups is 1. The molecule has 0 fully saturated rings. The molecule has 3 aromatic heterocycles. The highest BCUT2D eigenvalue weighted by atomic mass is 32.1. The van der Waals surface area contributed by atoms with Crippen LogP contribution < -0.4 is 5.82 Å². The number of nitrogens with one attached hydrogen (secondary N) is 1. The van der Waals surface area contributed by atoms with Crippen LogP contribution in [-0.2, 0) is 0 Å². The van der Waals surface area contributed by atoms with Crippen molar-refractivity contribution < 1.29 is 13.9 Å². The molecule has 9 heteroatoms. The van der Waals surface area contributed by atoms with E-state index in [-0.39, 0.29) is 16.9 Å². The zero-order valence-electron chi connectivity index (χ0n) is 13.0. The molecular weight excluding hydrogens is 356 g/mol. The van der Waals surface area contributed by atoms with Crippen LogP contribution in [0.3, 0.4) is 0 Å². The molecule has 0 atom stereocenters. The lowest BCUT2D eigenvalue weighted by molar-refractivity contribution is 0.409. The number of benzene rings is 2. The molecule has 0 amide bonds. The van der Waals surface area contributed by atoms with Crippen molar-refractivity contribution in [3.8, 4) is 22.8 Å². The van der Waals surface area contributed by atoms with E-state index in [0.717, 1.165) is 16.6 Å². The highest BCUT2D eigenvalue weighted by Crippen LogP contribution is 2.35. The summed E-state index contributed by atoms with van der Waals surface area (Å²) in [4.78, 5) is 14.4. The van der Waals surface area contributed by atoms with Gasteiger partial charge in [0, 0.05) is 23.2 Å². The summed E-state index contributed by atoms with van der Waals surface area (Å²) in [6, 6.07) is 10.5. The topological polar surface area (TPSA) is 110 Å². The predicted octanol–water partition coefficient (Wildman–Crippen LogP) is 3.11. The molecule has 0 aliphatic rings. The van der Waals surface area contributed by atoms with Crippen molar-refractivity contribution >= 4 is 34.7 Å². The summed E-state index contributed by atoms with van der Waals surface area (Å²) in [5.41, 5.74) is 2.43. The average Bonchev–Trinajstić information content (AvgIpc) is 3.31. The van der Waals surface area contributed by atoms with Gasteiger partial charge in [-0.2, -0.15) is 0 Å². The van der Waals surface area contributed by atoms with Crippen molar-refractivity contribution in [1.82, 2.24) is 19.7 Å². The maximum atomic E-state index is 11.3. The molecule has 5 rings (SSSR count). The van der Waals surface area contributed by atoms with Gasteiger partial charge in [0.1, 0.15) is 5.75 Å². The third-order valence-electron chi connectivity index (χ3n) is 4.15. The van der Waals surface area contributed by atoms with Crippen molar-refractivity contribution in [3.05, 3.63) is 53.2 Å². The van der Waals surface area contributed by atoms with Crippen molar-refractivity contribution in [2.45, 2.75) is 5.16 Å². The zero-order chi connectivity index (χ0) is 17.8. The summed E-state index contributed by atoms with van der Waals surface area (Å²) >= 11 is 4.40. The van der Waals surface area contributed by atoms with Gasteiger partial charge in [-0.15, -0.1) is 22.8 Å². The van der Waals surface area contributed by atoms with E-state index >= 15 is 0 Å². The maximum Gasteiger partial charge on any atom is 0.519 e. The fourth-order valence-corrected chi connectivity index (χ4v) is 3.27. The highest BCUT2D eigenvalue weighted by molar-refractivity contribution is 7.80. The Balaban J connectivity index is 1.81. The van der Waals surface area contributed by atoms with Crippen molar-refractivity contribution in [2.24, 2.45) is 0 Å². The first-order valence-corrected chi connectivity index (χ1v) is 8.04. The van der Waals surface area contributed by atoms with Gasteiger partial charge < -0.3 is 18.9 Å². The summed E-state index contributed by atoms with van der Waals surface area (Å²) < 4.78 is 11.5. The maximum absolute atomic E-state index is 11.3. The number of rotatable bonds is 2. The number of hydrogen-bond acceptors (Lipinski definition) is 7. The van der Waals surface area contributed by atoms with Crippen molar-refractivity contribution in [2.75, 3.05) is 0 Å². The van der Waals surface area contributed by atoms with E-state index < -0.39 is 5.82 Å². The van der Waals surface area contributed by atoms with Gasteiger partial charge in [0.05, 0.1) is 11.3 Å². The number of aromatic nitrogens is 4. The fourth-order valence-electron chi connectivity index (χ4n) is 3.02. The van der Waals surface area contributed by atoms with Crippen LogP contribution in [0.15, 0.2) is 61.4 Å². The third kappa shape index (κ3) is 2.07. The van der Waals surface area contributed by atoms with Gasteiger partial charge in [0.2, 0.25) is 0 Å². The van der Waals surface area contributed by atoms with Gasteiger partial charge in [-0.25, -0.2) is 4.79 Å². The molecule has 0 saturated heterocycles. The second-order valence-corrected chi connectivity index (χ2v) is 6.05. The second-order valence-electron chi connectivity index (χ2n) is 5.65. The number of H-pyrrole nitrogens is 1. The van der Waals surface area contributed by atoms with E-state index in [0.29, 0.717) is 16.5 Å². The monoisotopic (exact) mass is 366 g/mol. The third-order valence-corrected chi connectivity index (χ3v) is 4.44. The molecule has 0 saturated carbocycles. The predicted molar refractivity (Wildman–Crippen MR) is 95.9 cm³/mol. The lowest BCUT2D eigenvalue weighted by Gasteiger charge is -2.10. The minimum atomic E-state index is -0.843. The number of aromatic hydroxyl groups is 1. The Labute approximate surface area is 150 Å². The Bertz CT molecular complexity index is 1340. The number of phenols is 1. The minimum Gasteiger partial charge on any atom is -0.507 e. The molecule has 0 spiro atoms. The Morgan fingerprint density at radius 2 is 1.92 bits per heavy atom. The summed E-state index contributed by atoms with van der Waals surface area (Å²) in [6.45, 7) is 0. The normalized spacial score (nSPS) is 11.6. The molecule has 2 N–H and O–H groups in total. The van der Waals surface area contributed by atoms with Gasteiger partial charge in [-0.1, -0.05) is 6.07 Å². The van der Waals surface area contributed by atoms with E-state index in [4.69, 9.17) is 8.83 Å². The van der Waals surface area contributed by atoms with Gasteiger partial charge in [0.25, 0.3) is 0 Å². The average molecular weight is 366 g/mol. The number of phenolic OH excluding ortho intramolecular Hbond substituents is 1. The van der Waals surface area contributed by atoms with Crippen LogP contribution in [-0.4, -0.2) is 24.9 Å². The highest BCUT2D eigenvalue weighted by Gasteiger charge is 2.20. The first kappa shape index (κ1) is 14.8. The van der Waals surface area contributed by atoms with E-state index in [9.17, 15) is 9.90 Å². The molecule has 8 nitrogen and oxygen atoms in total. The smallest absolute Gasteiger partial charge is 0.507 e. The standard InChI is InChI=1S/C17H10N4O4S/c22-12-7-14-13(24-17(23)25-14)6-9(12)15-19-20-16(26)21(15)11-3-1-2-10-8(11)4-5-18-10/h1-7,18,22H,(H,20,26). The van der Waals surface area contributed by atoms with Crippen LogP contribution >= 0.6 is 12.6 Å². The molecule has 3 heterocycles. The Kier molecular flexibility index (Phi) is 3.01. The van der Waals surface area contributed by atoms with Crippen molar-refractivity contribution in [1.29, 1.82) is 0 Å². The minimum absolute atomic E-state index is 0.120. The number of aromatic amines is 1. The largest absolute Gasteiger partial charge is 0.519 e. The van der Waals surface area contributed by atoms with Crippen LogP contribution in [0.1, 0.15) is 0 Å².